The molecule has 2 atom stereocenters. The fourth-order valence-corrected chi connectivity index (χ4v) is 3.92. The molecule has 2 rings (SSSR count). The summed E-state index contributed by atoms with van der Waals surface area (Å²) < 4.78 is 25.5. The van der Waals surface area contributed by atoms with Gasteiger partial charge in [0, 0.05) is 30.4 Å². The first-order chi connectivity index (χ1) is 11.7. The van der Waals surface area contributed by atoms with Crippen LogP contribution in [-0.4, -0.2) is 26.2 Å². The molecule has 1 aromatic rings. The number of nitrogens with one attached hydrogen (secondary N) is 2. The van der Waals surface area contributed by atoms with Crippen LogP contribution in [0.25, 0.3) is 0 Å². The maximum Gasteiger partial charge on any atom is 0.264 e. The van der Waals surface area contributed by atoms with Crippen LogP contribution in [-0.2, 0) is 24.4 Å². The highest BCUT2D eigenvalue weighted by atomic mass is 32.2. The van der Waals surface area contributed by atoms with Crippen LogP contribution in [0, 0.1) is 11.8 Å². The maximum absolute atomic E-state index is 12.3. The van der Waals surface area contributed by atoms with Crippen LogP contribution in [0.5, 0.6) is 0 Å². The quantitative estimate of drug-likeness (QED) is 0.753. The van der Waals surface area contributed by atoms with Crippen molar-refractivity contribution in [3.05, 3.63) is 24.3 Å². The number of amides is 2. The Kier molecular flexibility index (Phi) is 5.78. The van der Waals surface area contributed by atoms with Crippen LogP contribution in [0.2, 0.25) is 0 Å². The monoisotopic (exact) mass is 367 g/mol. The van der Waals surface area contributed by atoms with Crippen LogP contribution < -0.4 is 15.1 Å². The molecule has 1 aromatic carbocycles. The summed E-state index contributed by atoms with van der Waals surface area (Å²) in [6, 6.07) is 5.25. The Labute approximate surface area is 145 Å². The molecular formula is C16H19N2O6S-. The highest BCUT2D eigenvalue weighted by molar-refractivity contribution is 7.90. The van der Waals surface area contributed by atoms with Gasteiger partial charge in [-0.1, -0.05) is 12.8 Å². The third-order valence-corrected chi connectivity index (χ3v) is 5.56. The molecule has 9 heteroatoms. The third-order valence-electron chi connectivity index (χ3n) is 4.12. The molecule has 25 heavy (non-hydrogen) atoms. The summed E-state index contributed by atoms with van der Waals surface area (Å²) in [6.07, 6.45) is 2.40. The average Bonchev–Trinajstić information content (AvgIpc) is 2.54. The van der Waals surface area contributed by atoms with Gasteiger partial charge < -0.3 is 15.2 Å². The van der Waals surface area contributed by atoms with E-state index >= 15 is 0 Å². The number of sulfonamides is 1. The van der Waals surface area contributed by atoms with Crippen molar-refractivity contribution in [3.8, 4) is 0 Å². The molecule has 2 amide bonds. The van der Waals surface area contributed by atoms with Crippen molar-refractivity contribution in [2.45, 2.75) is 37.5 Å². The first kappa shape index (κ1) is 18.9. The Morgan fingerprint density at radius 1 is 1.04 bits per heavy atom. The standard InChI is InChI=1S/C16H20N2O6S/c1-10(19)18-25(23,24)12-8-6-11(7-9-12)17-15(20)13-4-2-3-5-14(13)16(21)22/h6-9,13-14H,2-5H2,1H3,(H,17,20)(H,18,19)(H,21,22)/p-1/t13-,14+/m0/s1. The Hall–Kier alpha value is -2.42. The largest absolute Gasteiger partial charge is 0.550 e. The van der Waals surface area contributed by atoms with Crippen molar-refractivity contribution >= 4 is 33.5 Å². The Bertz CT molecular complexity index is 772. The van der Waals surface area contributed by atoms with E-state index in [2.05, 4.69) is 5.32 Å². The molecule has 1 aliphatic rings. The van der Waals surface area contributed by atoms with Gasteiger partial charge in [0.1, 0.15) is 0 Å². The molecule has 2 N–H and O–H groups in total. The molecule has 8 nitrogen and oxygen atoms in total. The molecule has 0 radical (unpaired) electrons. The minimum absolute atomic E-state index is 0.119. The van der Waals surface area contributed by atoms with Crippen LogP contribution in [0.4, 0.5) is 5.69 Å². The number of anilines is 1. The van der Waals surface area contributed by atoms with E-state index in [4.69, 9.17) is 0 Å². The third kappa shape index (κ3) is 4.79. The number of carboxylic acids is 1. The van der Waals surface area contributed by atoms with Gasteiger partial charge in [-0.25, -0.2) is 13.1 Å². The van der Waals surface area contributed by atoms with Gasteiger partial charge in [0.2, 0.25) is 11.8 Å². The number of carbonyl (C=O) groups excluding carboxylic acids is 3. The van der Waals surface area contributed by atoms with Gasteiger partial charge in [-0.15, -0.1) is 0 Å². The van der Waals surface area contributed by atoms with Gasteiger partial charge >= 0.3 is 0 Å². The van der Waals surface area contributed by atoms with Gasteiger partial charge in [-0.3, -0.25) is 9.59 Å². The predicted molar refractivity (Wildman–Crippen MR) is 86.5 cm³/mol. The van der Waals surface area contributed by atoms with Gasteiger partial charge in [0.25, 0.3) is 10.0 Å². The SMILES string of the molecule is CC(=O)NS(=O)(=O)c1ccc(NC(=O)[C@H]2CCCC[C@H]2C(=O)[O-])cc1. The van der Waals surface area contributed by atoms with Crippen LogP contribution in [0.3, 0.4) is 0 Å². The van der Waals surface area contributed by atoms with E-state index in [1.54, 1.807) is 0 Å². The molecule has 1 saturated carbocycles. The summed E-state index contributed by atoms with van der Waals surface area (Å²) in [6.45, 7) is 1.09. The number of carboxylic acid groups (broad SMARTS) is 1. The van der Waals surface area contributed by atoms with Crippen molar-refractivity contribution in [1.82, 2.24) is 4.72 Å². The average molecular weight is 367 g/mol. The molecule has 1 aliphatic carbocycles. The number of rotatable bonds is 5. The molecule has 0 saturated heterocycles. The topological polar surface area (TPSA) is 132 Å². The van der Waals surface area contributed by atoms with E-state index in [1.807, 2.05) is 4.72 Å². The van der Waals surface area contributed by atoms with Gasteiger partial charge in [-0.2, -0.15) is 0 Å². The summed E-state index contributed by atoms with van der Waals surface area (Å²) in [7, 11) is -3.94. The minimum Gasteiger partial charge on any atom is -0.550 e. The molecule has 136 valence electrons. The van der Waals surface area contributed by atoms with E-state index in [0.29, 0.717) is 18.5 Å². The van der Waals surface area contributed by atoms with E-state index in [-0.39, 0.29) is 4.90 Å². The lowest BCUT2D eigenvalue weighted by Gasteiger charge is -2.31. The molecule has 1 fully saturated rings. The van der Waals surface area contributed by atoms with Crippen LogP contribution in [0.1, 0.15) is 32.6 Å². The second-order valence-corrected chi connectivity index (χ2v) is 7.67. The Balaban J connectivity index is 2.09. The molecule has 0 spiro atoms. The normalized spacial score (nSPS) is 20.5. The van der Waals surface area contributed by atoms with Crippen molar-refractivity contribution in [2.75, 3.05) is 5.32 Å². The first-order valence-electron chi connectivity index (χ1n) is 7.86. The summed E-state index contributed by atoms with van der Waals surface area (Å²) in [5, 5.41) is 13.8. The number of hydrogen-bond donors (Lipinski definition) is 2. The first-order valence-corrected chi connectivity index (χ1v) is 9.34. The summed E-state index contributed by atoms with van der Waals surface area (Å²) in [5.41, 5.74) is 0.342. The number of aliphatic carboxylic acids is 1. The number of carbonyl (C=O) groups is 3. The molecule has 0 aliphatic heterocycles. The van der Waals surface area contributed by atoms with Gasteiger partial charge in [-0.05, 0) is 37.1 Å². The molecule has 0 heterocycles. The van der Waals surface area contributed by atoms with Crippen molar-refractivity contribution in [1.29, 1.82) is 0 Å². The zero-order valence-corrected chi connectivity index (χ0v) is 14.5. The molecule has 0 bridgehead atoms. The zero-order valence-electron chi connectivity index (χ0n) is 13.7. The van der Waals surface area contributed by atoms with E-state index in [9.17, 15) is 27.9 Å². The van der Waals surface area contributed by atoms with E-state index in [0.717, 1.165) is 19.8 Å². The summed E-state index contributed by atoms with van der Waals surface area (Å²) >= 11 is 0. The Morgan fingerprint density at radius 2 is 1.60 bits per heavy atom. The molecule has 0 aromatic heterocycles. The van der Waals surface area contributed by atoms with Crippen LogP contribution in [0.15, 0.2) is 29.2 Å². The summed E-state index contributed by atoms with van der Waals surface area (Å²) in [4.78, 5) is 34.3. The maximum atomic E-state index is 12.3. The number of benzene rings is 1. The lowest BCUT2D eigenvalue weighted by molar-refractivity contribution is -0.313. The second-order valence-electron chi connectivity index (χ2n) is 5.99. The summed E-state index contributed by atoms with van der Waals surface area (Å²) in [5.74, 6) is -3.83. The second kappa shape index (κ2) is 7.64. The van der Waals surface area contributed by atoms with E-state index < -0.39 is 39.6 Å². The fraction of sp³-hybridized carbons (Fsp3) is 0.438. The lowest BCUT2D eigenvalue weighted by atomic mass is 9.78. The van der Waals surface area contributed by atoms with Gasteiger partial charge in [0.15, 0.2) is 0 Å². The lowest BCUT2D eigenvalue weighted by Crippen LogP contribution is -2.42. The van der Waals surface area contributed by atoms with Crippen LogP contribution >= 0.6 is 0 Å². The smallest absolute Gasteiger partial charge is 0.264 e. The minimum atomic E-state index is -3.94. The predicted octanol–water partition coefficient (Wildman–Crippen LogP) is 0.00620. The van der Waals surface area contributed by atoms with Crippen molar-refractivity contribution in [2.24, 2.45) is 11.8 Å². The zero-order chi connectivity index (χ0) is 18.6. The highest BCUT2D eigenvalue weighted by Gasteiger charge is 2.31. The van der Waals surface area contributed by atoms with Crippen molar-refractivity contribution < 1.29 is 27.9 Å². The molecule has 0 unspecified atom stereocenters. The molecular weight excluding hydrogens is 348 g/mol. The Morgan fingerprint density at radius 3 is 2.12 bits per heavy atom. The fourth-order valence-electron chi connectivity index (χ4n) is 2.93. The highest BCUT2D eigenvalue weighted by Crippen LogP contribution is 2.30. The van der Waals surface area contributed by atoms with Crippen molar-refractivity contribution in [3.63, 3.8) is 0 Å². The van der Waals surface area contributed by atoms with Gasteiger partial charge in [0.05, 0.1) is 4.90 Å². The number of hydrogen-bond acceptors (Lipinski definition) is 6. The van der Waals surface area contributed by atoms with E-state index in [1.165, 1.54) is 24.3 Å².